The number of hydrogen-bond donors (Lipinski definition) is 3. The fourth-order valence-electron chi connectivity index (χ4n) is 6.06. The minimum atomic E-state index is -0.844. The maximum atomic E-state index is 12.2. The number of carbonyl (C=O) groups is 2. The normalized spacial score (nSPS) is 19.7. The number of carbonyl (C=O) groups excluding carboxylic acids is 1. The third-order valence-electron chi connectivity index (χ3n) is 8.66. The Morgan fingerprint density at radius 2 is 1.54 bits per heavy atom. The lowest BCUT2D eigenvalue weighted by atomic mass is 9.97. The second-order valence-electron chi connectivity index (χ2n) is 11.9. The summed E-state index contributed by atoms with van der Waals surface area (Å²) in [6.07, 6.45) is 2.19. The first kappa shape index (κ1) is 33.4. The summed E-state index contributed by atoms with van der Waals surface area (Å²) in [6, 6.07) is 19.9. The van der Waals surface area contributed by atoms with Crippen molar-refractivity contribution in [2.45, 2.75) is 76.7 Å². The molecule has 5 rings (SSSR count). The summed E-state index contributed by atoms with van der Waals surface area (Å²) in [5.74, 6) is 0.546. The lowest BCUT2D eigenvalue weighted by Crippen LogP contribution is -2.41. The van der Waals surface area contributed by atoms with Crippen LogP contribution < -0.4 is 14.8 Å². The molecule has 10 heteroatoms. The topological polar surface area (TPSA) is 127 Å². The van der Waals surface area contributed by atoms with Gasteiger partial charge in [-0.2, -0.15) is 0 Å². The standard InChI is InChI=1S/C36H44N2O8/c1-43-32-17-28-15-16-38(21-29(28)18-33(32)44-2)22-30-19-31(26-11-9-25(23-39)10-12-26)46-36(45-30)27-13-7-24(8-14-27)20-37-34(40)5-3-4-6-35(41)42/h7-14,17-18,30-31,36,39H,3-6,15-16,19-23H2,1-2H3,(H,37,40)(H,41,42)/t30-,31+,36+/m1/s1. The first-order valence-corrected chi connectivity index (χ1v) is 15.9. The van der Waals surface area contributed by atoms with E-state index in [0.717, 1.165) is 59.8 Å². The third-order valence-corrected chi connectivity index (χ3v) is 8.66. The van der Waals surface area contributed by atoms with Crippen LogP contribution in [0.5, 0.6) is 11.5 Å². The van der Waals surface area contributed by atoms with Crippen LogP contribution in [0.2, 0.25) is 0 Å². The van der Waals surface area contributed by atoms with Crippen molar-refractivity contribution in [1.82, 2.24) is 10.2 Å². The van der Waals surface area contributed by atoms with Crippen LogP contribution in [0, 0.1) is 0 Å². The predicted molar refractivity (Wildman–Crippen MR) is 171 cm³/mol. The Kier molecular flexibility index (Phi) is 11.7. The van der Waals surface area contributed by atoms with Crippen LogP contribution in [0.15, 0.2) is 60.7 Å². The van der Waals surface area contributed by atoms with Gasteiger partial charge < -0.3 is 34.5 Å². The lowest BCUT2D eigenvalue weighted by molar-refractivity contribution is -0.253. The van der Waals surface area contributed by atoms with E-state index in [9.17, 15) is 14.7 Å². The average Bonchev–Trinajstić information content (AvgIpc) is 3.08. The zero-order valence-electron chi connectivity index (χ0n) is 26.6. The number of benzene rings is 3. The van der Waals surface area contributed by atoms with Crippen molar-refractivity contribution in [2.24, 2.45) is 0 Å². The number of carboxylic acid groups (broad SMARTS) is 1. The number of carboxylic acids is 1. The summed E-state index contributed by atoms with van der Waals surface area (Å²) in [4.78, 5) is 25.3. The Morgan fingerprint density at radius 3 is 2.22 bits per heavy atom. The van der Waals surface area contributed by atoms with E-state index in [0.29, 0.717) is 32.2 Å². The fraction of sp³-hybridized carbons (Fsp3) is 0.444. The van der Waals surface area contributed by atoms with E-state index in [-0.39, 0.29) is 31.1 Å². The summed E-state index contributed by atoms with van der Waals surface area (Å²) in [6.45, 7) is 2.82. The summed E-state index contributed by atoms with van der Waals surface area (Å²) < 4.78 is 24.2. The molecule has 10 nitrogen and oxygen atoms in total. The fourth-order valence-corrected chi connectivity index (χ4v) is 6.06. The molecule has 0 unspecified atom stereocenters. The number of methoxy groups -OCH3 is 2. The molecule has 3 aromatic carbocycles. The largest absolute Gasteiger partial charge is 0.493 e. The molecule has 2 heterocycles. The number of hydrogen-bond acceptors (Lipinski definition) is 8. The molecule has 246 valence electrons. The number of aliphatic hydroxyl groups is 1. The van der Waals surface area contributed by atoms with Crippen molar-refractivity contribution < 1.29 is 38.7 Å². The molecule has 0 bridgehead atoms. The molecule has 2 aliphatic heterocycles. The van der Waals surface area contributed by atoms with E-state index >= 15 is 0 Å². The molecule has 1 saturated heterocycles. The first-order valence-electron chi connectivity index (χ1n) is 15.9. The number of ether oxygens (including phenoxy) is 4. The number of nitrogens with zero attached hydrogens (tertiary/aromatic N) is 1. The van der Waals surface area contributed by atoms with Gasteiger partial charge in [-0.15, -0.1) is 0 Å². The highest BCUT2D eigenvalue weighted by Gasteiger charge is 2.34. The Morgan fingerprint density at radius 1 is 0.891 bits per heavy atom. The highest BCUT2D eigenvalue weighted by Crippen LogP contribution is 2.39. The number of aliphatic hydroxyl groups excluding tert-OH is 1. The zero-order valence-corrected chi connectivity index (χ0v) is 26.6. The number of rotatable bonds is 14. The highest BCUT2D eigenvalue weighted by molar-refractivity contribution is 5.75. The zero-order chi connectivity index (χ0) is 32.5. The molecular formula is C36H44N2O8. The summed E-state index contributed by atoms with van der Waals surface area (Å²) in [5.41, 5.74) is 6.24. The highest BCUT2D eigenvalue weighted by atomic mass is 16.7. The number of unbranched alkanes of at least 4 members (excludes halogenated alkanes) is 1. The van der Waals surface area contributed by atoms with E-state index in [4.69, 9.17) is 24.1 Å². The Bertz CT molecular complexity index is 1460. The van der Waals surface area contributed by atoms with E-state index < -0.39 is 12.3 Å². The van der Waals surface area contributed by atoms with Crippen LogP contribution in [0.3, 0.4) is 0 Å². The number of fused-ring (bicyclic) bond motifs is 1. The predicted octanol–water partition coefficient (Wildman–Crippen LogP) is 5.06. The smallest absolute Gasteiger partial charge is 0.303 e. The van der Waals surface area contributed by atoms with Gasteiger partial charge in [0.05, 0.1) is 33.0 Å². The number of amides is 1. The quantitative estimate of drug-likeness (QED) is 0.209. The Labute approximate surface area is 270 Å². The van der Waals surface area contributed by atoms with Crippen LogP contribution in [-0.2, 0) is 45.2 Å². The molecule has 3 atom stereocenters. The molecule has 0 saturated carbocycles. The van der Waals surface area contributed by atoms with Crippen molar-refractivity contribution in [3.05, 3.63) is 94.0 Å². The van der Waals surface area contributed by atoms with Crippen LogP contribution in [0.4, 0.5) is 0 Å². The first-order chi connectivity index (χ1) is 22.3. The van der Waals surface area contributed by atoms with Gasteiger partial charge in [-0.3, -0.25) is 14.5 Å². The Hall–Kier alpha value is -3.96. The average molecular weight is 633 g/mol. The van der Waals surface area contributed by atoms with Gasteiger partial charge in [-0.05, 0) is 59.2 Å². The summed E-state index contributed by atoms with van der Waals surface area (Å²) in [5, 5.41) is 21.2. The molecule has 1 amide bonds. The molecule has 46 heavy (non-hydrogen) atoms. The van der Waals surface area contributed by atoms with Crippen molar-refractivity contribution in [3.63, 3.8) is 0 Å². The van der Waals surface area contributed by atoms with Crippen molar-refractivity contribution >= 4 is 11.9 Å². The van der Waals surface area contributed by atoms with Crippen LogP contribution in [0.1, 0.15) is 77.9 Å². The Balaban J connectivity index is 1.25. The number of nitrogens with one attached hydrogen (secondary N) is 1. The van der Waals surface area contributed by atoms with Gasteiger partial charge in [0.1, 0.15) is 0 Å². The van der Waals surface area contributed by atoms with E-state index in [1.165, 1.54) is 11.1 Å². The van der Waals surface area contributed by atoms with Gasteiger partial charge in [0.25, 0.3) is 0 Å². The van der Waals surface area contributed by atoms with Crippen molar-refractivity contribution in [1.29, 1.82) is 0 Å². The van der Waals surface area contributed by atoms with Gasteiger partial charge in [-0.1, -0.05) is 48.5 Å². The van der Waals surface area contributed by atoms with Gasteiger partial charge in [0.2, 0.25) is 5.91 Å². The van der Waals surface area contributed by atoms with Gasteiger partial charge in [-0.25, -0.2) is 0 Å². The molecule has 1 fully saturated rings. The minimum Gasteiger partial charge on any atom is -0.493 e. The second-order valence-corrected chi connectivity index (χ2v) is 11.9. The molecule has 3 aromatic rings. The van der Waals surface area contributed by atoms with E-state index in [2.05, 4.69) is 22.3 Å². The van der Waals surface area contributed by atoms with Crippen LogP contribution in [-0.4, -0.2) is 60.4 Å². The van der Waals surface area contributed by atoms with E-state index in [1.807, 2.05) is 48.5 Å². The molecule has 2 aliphatic rings. The molecule has 0 aliphatic carbocycles. The molecule has 0 spiro atoms. The molecule has 0 radical (unpaired) electrons. The van der Waals surface area contributed by atoms with Crippen molar-refractivity contribution in [2.75, 3.05) is 27.3 Å². The second kappa shape index (κ2) is 16.0. The number of aliphatic carboxylic acids is 1. The maximum Gasteiger partial charge on any atom is 0.303 e. The van der Waals surface area contributed by atoms with Crippen LogP contribution >= 0.6 is 0 Å². The molecule has 0 aromatic heterocycles. The summed E-state index contributed by atoms with van der Waals surface area (Å²) >= 11 is 0. The van der Waals surface area contributed by atoms with E-state index in [1.54, 1.807) is 14.2 Å². The lowest BCUT2D eigenvalue weighted by Gasteiger charge is -2.39. The monoisotopic (exact) mass is 632 g/mol. The molecule has 3 N–H and O–H groups in total. The SMILES string of the molecule is COc1cc2c(cc1OC)CN(C[C@H]1C[C@@H](c3ccc(CO)cc3)O[C@@H](c3ccc(CNC(=O)CCCCC(=O)O)cc3)O1)CC2. The molecular weight excluding hydrogens is 588 g/mol. The summed E-state index contributed by atoms with van der Waals surface area (Å²) in [7, 11) is 3.32. The maximum absolute atomic E-state index is 12.2. The van der Waals surface area contributed by atoms with Crippen molar-refractivity contribution in [3.8, 4) is 11.5 Å². The third kappa shape index (κ3) is 8.85. The van der Waals surface area contributed by atoms with Gasteiger partial charge in [0, 0.05) is 51.0 Å². The van der Waals surface area contributed by atoms with Gasteiger partial charge in [0.15, 0.2) is 17.8 Å². The van der Waals surface area contributed by atoms with Gasteiger partial charge >= 0.3 is 5.97 Å². The van der Waals surface area contributed by atoms with Crippen LogP contribution in [0.25, 0.3) is 0 Å². The minimum absolute atomic E-state index is 0.00914.